The largest absolute Gasteiger partial charge is 0.488 e. The molecule has 4 nitrogen and oxygen atoms in total. The van der Waals surface area contributed by atoms with Crippen molar-refractivity contribution in [2.75, 3.05) is 6.54 Å². The fourth-order valence-electron chi connectivity index (χ4n) is 4.31. The fraction of sp³-hybridized carbons (Fsp3) is 0.435. The second-order valence-electron chi connectivity index (χ2n) is 7.66. The van der Waals surface area contributed by atoms with Crippen LogP contribution in [0.3, 0.4) is 0 Å². The molecule has 2 aliphatic carbocycles. The molecule has 0 radical (unpaired) electrons. The van der Waals surface area contributed by atoms with Crippen LogP contribution in [-0.2, 0) is 6.42 Å². The summed E-state index contributed by atoms with van der Waals surface area (Å²) >= 11 is 0. The highest BCUT2D eigenvalue weighted by molar-refractivity contribution is 6.00. The molecule has 1 unspecified atom stereocenters. The number of benzene rings is 2. The minimum absolute atomic E-state index is 0.0116. The monoisotopic (exact) mass is 365 g/mol. The number of hydrogen-bond donors (Lipinski definition) is 2. The number of nitrogens with one attached hydrogen (secondary N) is 1. The predicted molar refractivity (Wildman–Crippen MR) is 105 cm³/mol. The van der Waals surface area contributed by atoms with Gasteiger partial charge in [0.25, 0.3) is 0 Å². The first-order valence-electron chi connectivity index (χ1n) is 9.97. The second kappa shape index (κ2) is 8.24. The van der Waals surface area contributed by atoms with Gasteiger partial charge in [-0.25, -0.2) is 0 Å². The number of aliphatic hydroxyl groups is 1. The highest BCUT2D eigenvalue weighted by Gasteiger charge is 2.34. The maximum atomic E-state index is 12.7. The van der Waals surface area contributed by atoms with Crippen molar-refractivity contribution in [3.8, 4) is 5.75 Å². The third kappa shape index (κ3) is 4.07. The SMILES string of the molecule is O=C1c2ccccc2CC[C@H]1CN[C@@H]1CCC[C@@H](Oc2ccccc2)C1O. The molecule has 0 amide bonds. The molecule has 0 saturated heterocycles. The van der Waals surface area contributed by atoms with Crippen molar-refractivity contribution in [1.82, 2.24) is 5.32 Å². The van der Waals surface area contributed by atoms with Crippen LogP contribution in [0.15, 0.2) is 54.6 Å². The number of ketones is 1. The van der Waals surface area contributed by atoms with E-state index in [1.54, 1.807) is 0 Å². The summed E-state index contributed by atoms with van der Waals surface area (Å²) in [5.41, 5.74) is 2.03. The maximum Gasteiger partial charge on any atom is 0.167 e. The van der Waals surface area contributed by atoms with E-state index in [9.17, 15) is 9.90 Å². The molecule has 2 aliphatic rings. The molecular weight excluding hydrogens is 338 g/mol. The molecule has 4 atom stereocenters. The van der Waals surface area contributed by atoms with E-state index >= 15 is 0 Å². The van der Waals surface area contributed by atoms with Crippen LogP contribution in [0, 0.1) is 5.92 Å². The average molecular weight is 365 g/mol. The van der Waals surface area contributed by atoms with Crippen LogP contribution in [0.1, 0.15) is 41.6 Å². The van der Waals surface area contributed by atoms with Crippen molar-refractivity contribution >= 4 is 5.78 Å². The van der Waals surface area contributed by atoms with E-state index in [-0.39, 0.29) is 23.8 Å². The van der Waals surface area contributed by atoms with Crippen LogP contribution in [0.25, 0.3) is 0 Å². The molecule has 27 heavy (non-hydrogen) atoms. The molecular formula is C23H27NO3. The lowest BCUT2D eigenvalue weighted by Gasteiger charge is -2.36. The average Bonchev–Trinajstić information content (AvgIpc) is 2.71. The summed E-state index contributed by atoms with van der Waals surface area (Å²) in [5, 5.41) is 14.2. The van der Waals surface area contributed by atoms with Gasteiger partial charge in [0, 0.05) is 24.1 Å². The summed E-state index contributed by atoms with van der Waals surface area (Å²) in [4.78, 5) is 12.7. The van der Waals surface area contributed by atoms with Crippen LogP contribution in [0.2, 0.25) is 0 Å². The summed E-state index contributed by atoms with van der Waals surface area (Å²) in [6, 6.07) is 17.5. The standard InChI is InChI=1S/C23H27NO3/c25-22-17(14-13-16-7-4-5-10-19(16)22)15-24-20-11-6-12-21(23(20)26)27-18-8-2-1-3-9-18/h1-5,7-10,17,20-21,23-24,26H,6,11-15H2/t17-,20+,21+,23?/m0/s1. The smallest absolute Gasteiger partial charge is 0.167 e. The van der Waals surface area contributed by atoms with Crippen molar-refractivity contribution < 1.29 is 14.6 Å². The highest BCUT2D eigenvalue weighted by atomic mass is 16.5. The van der Waals surface area contributed by atoms with E-state index < -0.39 is 6.10 Å². The number of aryl methyl sites for hydroxylation is 1. The van der Waals surface area contributed by atoms with Crippen LogP contribution >= 0.6 is 0 Å². The zero-order valence-electron chi connectivity index (χ0n) is 15.5. The van der Waals surface area contributed by atoms with Gasteiger partial charge in [-0.3, -0.25) is 4.79 Å². The zero-order valence-corrected chi connectivity index (χ0v) is 15.5. The zero-order chi connectivity index (χ0) is 18.6. The summed E-state index contributed by atoms with van der Waals surface area (Å²) in [6.45, 7) is 0.618. The molecule has 4 rings (SSSR count). The van der Waals surface area contributed by atoms with E-state index in [0.29, 0.717) is 6.54 Å². The number of rotatable bonds is 5. The lowest BCUT2D eigenvalue weighted by Crippen LogP contribution is -2.52. The number of carbonyl (C=O) groups is 1. The fourth-order valence-corrected chi connectivity index (χ4v) is 4.31. The van der Waals surface area contributed by atoms with Gasteiger partial charge < -0.3 is 15.2 Å². The van der Waals surface area contributed by atoms with Gasteiger partial charge in [0.05, 0.1) is 0 Å². The van der Waals surface area contributed by atoms with Crippen molar-refractivity contribution in [2.24, 2.45) is 5.92 Å². The summed E-state index contributed by atoms with van der Waals surface area (Å²) < 4.78 is 6.00. The van der Waals surface area contributed by atoms with Gasteiger partial charge in [-0.2, -0.15) is 0 Å². The first-order valence-corrected chi connectivity index (χ1v) is 9.97. The van der Waals surface area contributed by atoms with Crippen LogP contribution < -0.4 is 10.1 Å². The Hall–Kier alpha value is -2.17. The molecule has 0 aliphatic heterocycles. The van der Waals surface area contributed by atoms with E-state index in [0.717, 1.165) is 49.0 Å². The maximum absolute atomic E-state index is 12.7. The number of aliphatic hydroxyl groups excluding tert-OH is 1. The molecule has 2 aromatic carbocycles. The van der Waals surface area contributed by atoms with Gasteiger partial charge in [0.1, 0.15) is 18.0 Å². The van der Waals surface area contributed by atoms with E-state index in [2.05, 4.69) is 5.32 Å². The third-order valence-corrected chi connectivity index (χ3v) is 5.87. The minimum Gasteiger partial charge on any atom is -0.488 e. The van der Waals surface area contributed by atoms with Crippen LogP contribution in [0.4, 0.5) is 0 Å². The first kappa shape index (κ1) is 18.2. The predicted octanol–water partition coefficient (Wildman–Crippen LogP) is 3.38. The molecule has 0 aromatic heterocycles. The van der Waals surface area contributed by atoms with Gasteiger partial charge in [0.2, 0.25) is 0 Å². The molecule has 1 saturated carbocycles. The van der Waals surface area contributed by atoms with Crippen molar-refractivity contribution in [3.05, 3.63) is 65.7 Å². The molecule has 0 spiro atoms. The number of ether oxygens (including phenoxy) is 1. The Labute approximate surface area is 160 Å². The van der Waals surface area contributed by atoms with Gasteiger partial charge in [-0.05, 0) is 49.8 Å². The lowest BCUT2D eigenvalue weighted by molar-refractivity contribution is -0.0160. The van der Waals surface area contributed by atoms with E-state index in [4.69, 9.17) is 4.74 Å². The van der Waals surface area contributed by atoms with E-state index in [1.165, 1.54) is 0 Å². The minimum atomic E-state index is -0.565. The van der Waals surface area contributed by atoms with Crippen LogP contribution in [0.5, 0.6) is 5.75 Å². The third-order valence-electron chi connectivity index (χ3n) is 5.87. The summed E-state index contributed by atoms with van der Waals surface area (Å²) in [7, 11) is 0. The molecule has 1 fully saturated rings. The van der Waals surface area contributed by atoms with Gasteiger partial charge >= 0.3 is 0 Å². The molecule has 4 heteroatoms. The molecule has 0 heterocycles. The molecule has 142 valence electrons. The Morgan fingerprint density at radius 3 is 2.63 bits per heavy atom. The number of para-hydroxylation sites is 1. The Bertz CT molecular complexity index is 776. The summed E-state index contributed by atoms with van der Waals surface area (Å²) in [5.74, 6) is 1.01. The number of hydrogen-bond acceptors (Lipinski definition) is 4. The van der Waals surface area contributed by atoms with Crippen molar-refractivity contribution in [1.29, 1.82) is 0 Å². The summed E-state index contributed by atoms with van der Waals surface area (Å²) in [6.07, 6.45) is 3.81. The van der Waals surface area contributed by atoms with Gasteiger partial charge in [0.15, 0.2) is 5.78 Å². The Kier molecular flexibility index (Phi) is 5.55. The number of Topliss-reactive ketones (excluding diaryl/α,β-unsaturated/α-hetero) is 1. The number of fused-ring (bicyclic) bond motifs is 1. The van der Waals surface area contributed by atoms with Crippen molar-refractivity contribution in [3.63, 3.8) is 0 Å². The Morgan fingerprint density at radius 1 is 1.00 bits per heavy atom. The Morgan fingerprint density at radius 2 is 1.78 bits per heavy atom. The molecule has 2 N–H and O–H groups in total. The first-order chi connectivity index (χ1) is 13.2. The quantitative estimate of drug-likeness (QED) is 0.853. The number of carbonyl (C=O) groups excluding carboxylic acids is 1. The highest BCUT2D eigenvalue weighted by Crippen LogP contribution is 2.27. The molecule has 0 bridgehead atoms. The van der Waals surface area contributed by atoms with Crippen molar-refractivity contribution in [2.45, 2.75) is 50.4 Å². The molecule has 2 aromatic rings. The lowest BCUT2D eigenvalue weighted by atomic mass is 9.82. The van der Waals surface area contributed by atoms with Gasteiger partial charge in [-0.1, -0.05) is 42.5 Å². The van der Waals surface area contributed by atoms with Crippen LogP contribution in [-0.4, -0.2) is 35.7 Å². The Balaban J connectivity index is 1.35. The van der Waals surface area contributed by atoms with Gasteiger partial charge in [-0.15, -0.1) is 0 Å². The van der Waals surface area contributed by atoms with E-state index in [1.807, 2.05) is 54.6 Å². The topological polar surface area (TPSA) is 58.6 Å². The normalized spacial score (nSPS) is 27.8. The second-order valence-corrected chi connectivity index (χ2v) is 7.66.